The van der Waals surface area contributed by atoms with E-state index in [2.05, 4.69) is 6.58 Å². The van der Waals surface area contributed by atoms with Crippen LogP contribution in [0.2, 0.25) is 0 Å². The lowest BCUT2D eigenvalue weighted by atomic mass is 9.91. The summed E-state index contributed by atoms with van der Waals surface area (Å²) in [6.45, 7) is 10.1. The van der Waals surface area contributed by atoms with Gasteiger partial charge in [0.05, 0.1) is 0 Å². The van der Waals surface area contributed by atoms with Gasteiger partial charge in [-0.3, -0.25) is 19.2 Å². The summed E-state index contributed by atoms with van der Waals surface area (Å²) in [6.07, 6.45) is -4.65. The molecule has 1 rings (SSSR count). The van der Waals surface area contributed by atoms with Crippen molar-refractivity contribution in [2.24, 2.45) is 0 Å². The summed E-state index contributed by atoms with van der Waals surface area (Å²) in [6, 6.07) is 0. The molecule has 1 heterocycles. The van der Waals surface area contributed by atoms with E-state index in [-0.39, 0.29) is 6.61 Å². The average molecular weight is 386 g/mol. The average Bonchev–Trinajstić information content (AvgIpc) is 2.49. The normalized spacial score (nSPS) is 27.2. The highest BCUT2D eigenvalue weighted by Gasteiger charge is 2.51. The Labute approximate surface area is 157 Å². The van der Waals surface area contributed by atoms with E-state index in [1.165, 1.54) is 27.7 Å². The van der Waals surface area contributed by atoms with Gasteiger partial charge in [-0.05, 0) is 13.3 Å². The van der Waals surface area contributed by atoms with Crippen LogP contribution in [0.4, 0.5) is 0 Å². The zero-order valence-corrected chi connectivity index (χ0v) is 16.2. The van der Waals surface area contributed by atoms with Crippen molar-refractivity contribution in [1.29, 1.82) is 0 Å². The van der Waals surface area contributed by atoms with Crippen molar-refractivity contribution in [3.8, 4) is 0 Å². The van der Waals surface area contributed by atoms with Crippen LogP contribution >= 0.6 is 0 Å². The molecule has 0 unspecified atom stereocenters. The maximum absolute atomic E-state index is 11.6. The van der Waals surface area contributed by atoms with Crippen LogP contribution in [0.15, 0.2) is 12.2 Å². The van der Waals surface area contributed by atoms with Gasteiger partial charge in [0, 0.05) is 27.7 Å². The minimum absolute atomic E-state index is 0.232. The Morgan fingerprint density at radius 3 is 1.59 bits per heavy atom. The first-order valence-corrected chi connectivity index (χ1v) is 8.46. The quantitative estimate of drug-likeness (QED) is 0.360. The predicted molar refractivity (Wildman–Crippen MR) is 91.4 cm³/mol. The van der Waals surface area contributed by atoms with Gasteiger partial charge in [-0.1, -0.05) is 5.57 Å². The summed E-state index contributed by atoms with van der Waals surface area (Å²) in [5.74, 6) is -2.49. The Balaban J connectivity index is 3.29. The molecule has 9 nitrogen and oxygen atoms in total. The highest BCUT2D eigenvalue weighted by atomic mass is 16.7. The number of carbonyl (C=O) groups excluding carboxylic acids is 4. The minimum atomic E-state index is -1.13. The van der Waals surface area contributed by atoms with Gasteiger partial charge in [-0.15, -0.1) is 6.58 Å². The molecule has 0 radical (unpaired) electrons. The number of esters is 4. The topological polar surface area (TPSA) is 114 Å². The van der Waals surface area contributed by atoms with Crippen molar-refractivity contribution < 1.29 is 42.9 Å². The standard InChI is InChI=1S/C18H26O9/c1-9(2)7-14-16(24-11(4)20)18(26-13(6)22)17(25-12(5)21)15(27-14)8-23-10(3)19/h14-18H,1,7-8H2,2-6H3/t14-,15+,16-,17-,18+/m0/s1. The molecule has 0 amide bonds. The molecular formula is C18H26O9. The molecule has 0 saturated carbocycles. The Bertz CT molecular complexity index is 598. The lowest BCUT2D eigenvalue weighted by Crippen LogP contribution is -2.62. The van der Waals surface area contributed by atoms with Gasteiger partial charge in [0.1, 0.15) is 18.8 Å². The van der Waals surface area contributed by atoms with Gasteiger partial charge >= 0.3 is 23.9 Å². The van der Waals surface area contributed by atoms with Gasteiger partial charge in [0.25, 0.3) is 0 Å². The highest BCUT2D eigenvalue weighted by Crippen LogP contribution is 2.31. The second-order valence-electron chi connectivity index (χ2n) is 6.40. The van der Waals surface area contributed by atoms with E-state index in [1.807, 2.05) is 0 Å². The summed E-state index contributed by atoms with van der Waals surface area (Å²) >= 11 is 0. The van der Waals surface area contributed by atoms with Crippen LogP contribution in [0.3, 0.4) is 0 Å². The Hall–Kier alpha value is -2.42. The maximum atomic E-state index is 11.6. The summed E-state index contributed by atoms with van der Waals surface area (Å²) in [4.78, 5) is 46.0. The van der Waals surface area contributed by atoms with Crippen LogP contribution in [-0.4, -0.2) is 61.0 Å². The second-order valence-corrected chi connectivity index (χ2v) is 6.40. The van der Waals surface area contributed by atoms with Gasteiger partial charge in [0.15, 0.2) is 18.3 Å². The summed E-state index contributed by atoms with van der Waals surface area (Å²) < 4.78 is 26.8. The maximum Gasteiger partial charge on any atom is 0.303 e. The predicted octanol–water partition coefficient (Wildman–Crippen LogP) is 1.08. The lowest BCUT2D eigenvalue weighted by molar-refractivity contribution is -0.252. The fourth-order valence-corrected chi connectivity index (χ4v) is 2.83. The number of rotatable bonds is 7. The highest BCUT2D eigenvalue weighted by molar-refractivity contribution is 5.68. The van der Waals surface area contributed by atoms with Crippen LogP contribution in [0.25, 0.3) is 0 Å². The second kappa shape index (κ2) is 10.1. The van der Waals surface area contributed by atoms with E-state index in [0.29, 0.717) is 6.42 Å². The van der Waals surface area contributed by atoms with Crippen LogP contribution < -0.4 is 0 Å². The van der Waals surface area contributed by atoms with E-state index in [9.17, 15) is 19.2 Å². The third-order valence-electron chi connectivity index (χ3n) is 3.64. The Morgan fingerprint density at radius 2 is 1.19 bits per heavy atom. The zero-order valence-electron chi connectivity index (χ0n) is 16.2. The van der Waals surface area contributed by atoms with E-state index in [4.69, 9.17) is 23.7 Å². The van der Waals surface area contributed by atoms with Crippen molar-refractivity contribution >= 4 is 23.9 Å². The molecule has 0 aromatic carbocycles. The van der Waals surface area contributed by atoms with Crippen molar-refractivity contribution in [1.82, 2.24) is 0 Å². The molecule has 27 heavy (non-hydrogen) atoms. The molecule has 152 valence electrons. The Morgan fingerprint density at radius 1 is 0.741 bits per heavy atom. The molecule has 0 N–H and O–H groups in total. The molecule has 1 saturated heterocycles. The third kappa shape index (κ3) is 7.38. The van der Waals surface area contributed by atoms with Gasteiger partial charge in [0.2, 0.25) is 0 Å². The Kier molecular flexibility index (Phi) is 8.42. The molecule has 0 aromatic heterocycles. The van der Waals surface area contributed by atoms with E-state index in [0.717, 1.165) is 5.57 Å². The molecule has 1 fully saturated rings. The smallest absolute Gasteiger partial charge is 0.303 e. The largest absolute Gasteiger partial charge is 0.463 e. The third-order valence-corrected chi connectivity index (χ3v) is 3.64. The molecular weight excluding hydrogens is 360 g/mol. The van der Waals surface area contributed by atoms with Crippen LogP contribution in [0.1, 0.15) is 41.0 Å². The zero-order chi connectivity index (χ0) is 20.7. The fraction of sp³-hybridized carbons (Fsp3) is 0.667. The van der Waals surface area contributed by atoms with Crippen LogP contribution in [0, 0.1) is 0 Å². The molecule has 0 spiro atoms. The van der Waals surface area contributed by atoms with Gasteiger partial charge < -0.3 is 23.7 Å². The number of ether oxygens (including phenoxy) is 5. The molecule has 9 heteroatoms. The van der Waals surface area contributed by atoms with Crippen molar-refractivity contribution in [2.75, 3.05) is 6.61 Å². The first-order chi connectivity index (χ1) is 12.5. The first kappa shape index (κ1) is 22.6. The van der Waals surface area contributed by atoms with Gasteiger partial charge in [-0.2, -0.15) is 0 Å². The summed E-state index contributed by atoms with van der Waals surface area (Å²) in [7, 11) is 0. The lowest BCUT2D eigenvalue weighted by Gasteiger charge is -2.44. The minimum Gasteiger partial charge on any atom is -0.463 e. The first-order valence-electron chi connectivity index (χ1n) is 8.46. The van der Waals surface area contributed by atoms with Crippen molar-refractivity contribution in [3.05, 3.63) is 12.2 Å². The van der Waals surface area contributed by atoms with E-state index >= 15 is 0 Å². The SMILES string of the molecule is C=C(C)C[C@@H]1O[C@H](COC(C)=O)[C@H](OC(C)=O)[C@H](OC(C)=O)[C@H]1OC(C)=O. The molecule has 0 aliphatic carbocycles. The van der Waals surface area contributed by atoms with Crippen molar-refractivity contribution in [2.45, 2.75) is 71.6 Å². The molecule has 0 bridgehead atoms. The number of hydrogen-bond donors (Lipinski definition) is 0. The molecule has 1 aliphatic heterocycles. The van der Waals surface area contributed by atoms with Crippen LogP contribution in [-0.2, 0) is 42.9 Å². The summed E-state index contributed by atoms with van der Waals surface area (Å²) in [5, 5.41) is 0. The number of hydrogen-bond acceptors (Lipinski definition) is 9. The van der Waals surface area contributed by atoms with Gasteiger partial charge in [-0.25, -0.2) is 0 Å². The molecule has 1 aliphatic rings. The fourth-order valence-electron chi connectivity index (χ4n) is 2.83. The monoisotopic (exact) mass is 386 g/mol. The summed E-state index contributed by atoms with van der Waals surface area (Å²) in [5.41, 5.74) is 0.732. The molecule has 0 aromatic rings. The van der Waals surface area contributed by atoms with Crippen molar-refractivity contribution in [3.63, 3.8) is 0 Å². The molecule has 5 atom stereocenters. The van der Waals surface area contributed by atoms with E-state index in [1.54, 1.807) is 6.92 Å². The van der Waals surface area contributed by atoms with Crippen LogP contribution in [0.5, 0.6) is 0 Å². The van der Waals surface area contributed by atoms with E-state index < -0.39 is 54.4 Å². The number of carbonyl (C=O) groups is 4.